The summed E-state index contributed by atoms with van der Waals surface area (Å²) in [5.74, 6) is -5.17. The molecule has 122 valence electrons. The number of ether oxygens (including phenoxy) is 1. The maximum atomic E-state index is 11.1. The fourth-order valence-corrected chi connectivity index (χ4v) is 2.14. The first-order valence-electron chi connectivity index (χ1n) is 6.18. The summed E-state index contributed by atoms with van der Waals surface area (Å²) in [5, 5.41) is 59.0. The normalized spacial score (nSPS) is 35.8. The Morgan fingerprint density at radius 2 is 2.00 bits per heavy atom. The van der Waals surface area contributed by atoms with Crippen LogP contribution in [-0.4, -0.2) is 85.4 Å². The van der Waals surface area contributed by atoms with Gasteiger partial charge in [0.25, 0.3) is 5.79 Å². The average Bonchev–Trinajstić information content (AvgIpc) is 2.39. The second-order valence-corrected chi connectivity index (χ2v) is 4.91. The molecule has 1 aliphatic rings. The van der Waals surface area contributed by atoms with Crippen molar-refractivity contribution in [1.82, 2.24) is 5.32 Å². The summed E-state index contributed by atoms with van der Waals surface area (Å²) in [4.78, 5) is 22.1. The van der Waals surface area contributed by atoms with Gasteiger partial charge in [-0.1, -0.05) is 0 Å². The first kappa shape index (κ1) is 17.8. The van der Waals surface area contributed by atoms with Crippen molar-refractivity contribution in [3.8, 4) is 0 Å². The van der Waals surface area contributed by atoms with Gasteiger partial charge >= 0.3 is 5.97 Å². The van der Waals surface area contributed by atoms with Crippen molar-refractivity contribution in [3.05, 3.63) is 0 Å². The first-order chi connectivity index (χ1) is 9.62. The van der Waals surface area contributed by atoms with Gasteiger partial charge in [0.1, 0.15) is 18.3 Å². The van der Waals surface area contributed by atoms with Crippen LogP contribution >= 0.6 is 0 Å². The molecule has 0 unspecified atom stereocenters. The van der Waals surface area contributed by atoms with Crippen molar-refractivity contribution in [2.75, 3.05) is 6.61 Å². The van der Waals surface area contributed by atoms with Crippen molar-refractivity contribution in [3.63, 3.8) is 0 Å². The highest BCUT2D eigenvalue weighted by atomic mass is 18.3. The molecule has 0 aromatic carbocycles. The molecule has 1 heterocycles. The van der Waals surface area contributed by atoms with Crippen molar-refractivity contribution in [2.45, 2.75) is 49.6 Å². The molecule has 0 aromatic rings. The minimum absolute atomic E-state index is 0.598. The van der Waals surface area contributed by atoms with Gasteiger partial charge in [-0.2, -0.15) is 0 Å². The molecule has 6 atom stereocenters. The van der Waals surface area contributed by atoms with Gasteiger partial charge in [0, 0.05) is 13.3 Å². The molecule has 10 heteroatoms. The molecule has 1 rings (SSSR count). The maximum Gasteiger partial charge on any atom is 0.364 e. The van der Waals surface area contributed by atoms with Crippen LogP contribution in [0.25, 0.3) is 0 Å². The second kappa shape index (κ2) is 6.64. The van der Waals surface area contributed by atoms with E-state index >= 15 is 0 Å². The molecule has 1 amide bonds. The number of nitrogens with one attached hydrogen (secondary N) is 1. The summed E-state index contributed by atoms with van der Waals surface area (Å²) in [6.07, 6.45) is -7.48. The highest BCUT2D eigenvalue weighted by Gasteiger charge is 2.53. The largest absolute Gasteiger partial charge is 0.477 e. The van der Waals surface area contributed by atoms with Crippen LogP contribution in [0, 0.1) is 0 Å². The summed E-state index contributed by atoms with van der Waals surface area (Å²) >= 11 is 0. The molecule has 0 radical (unpaired) electrons. The molecule has 0 bridgehead atoms. The Labute approximate surface area is 119 Å². The SMILES string of the molecule is CC(=O)N[C@H]1[C@H]([C@H](O)[C@H](O)CO)[18O][C@](O)(C(=O)O)C[C@@H]1O. The van der Waals surface area contributed by atoms with Gasteiger partial charge in [0.05, 0.1) is 18.8 Å². The molecule has 0 spiro atoms. The number of aliphatic hydroxyl groups is 5. The van der Waals surface area contributed by atoms with E-state index in [2.05, 4.69) is 5.32 Å². The lowest BCUT2D eigenvalue weighted by molar-refractivity contribution is -0.295. The van der Waals surface area contributed by atoms with E-state index in [0.29, 0.717) is 0 Å². The Balaban J connectivity index is 3.07. The molecule has 0 aromatic heterocycles. The Morgan fingerprint density at radius 1 is 1.43 bits per heavy atom. The Kier molecular flexibility index (Phi) is 5.61. The number of rotatable bonds is 5. The minimum atomic E-state index is -2.78. The summed E-state index contributed by atoms with van der Waals surface area (Å²) in [6, 6.07) is -1.27. The van der Waals surface area contributed by atoms with Gasteiger partial charge in [0.2, 0.25) is 5.91 Å². The molecule has 0 saturated carbocycles. The number of amides is 1. The van der Waals surface area contributed by atoms with Crippen LogP contribution in [0.1, 0.15) is 13.3 Å². The zero-order chi connectivity index (χ0) is 16.4. The van der Waals surface area contributed by atoms with Gasteiger partial charge < -0.3 is 40.7 Å². The number of carbonyl (C=O) groups is 2. The molecule has 10 nitrogen and oxygen atoms in total. The summed E-state index contributed by atoms with van der Waals surface area (Å²) < 4.78 is 4.86. The van der Waals surface area contributed by atoms with Gasteiger partial charge in [-0.15, -0.1) is 0 Å². The van der Waals surface area contributed by atoms with Crippen molar-refractivity contribution in [2.24, 2.45) is 0 Å². The van der Waals surface area contributed by atoms with E-state index < -0.39 is 61.1 Å². The summed E-state index contributed by atoms with van der Waals surface area (Å²) in [7, 11) is 0. The standard InChI is InChI=1S/C11H19NO9/c1-4(14)12-7-5(15)2-11(20,10(18)19)21-9(7)8(17)6(16)3-13/h5-9,13,15-17,20H,2-3H2,1H3,(H,12,14)(H,18,19)/t5-,6+,7+,8+,9+,11-/m0/s1/i21+2. The monoisotopic (exact) mass is 311 g/mol. The van der Waals surface area contributed by atoms with E-state index in [1.807, 2.05) is 0 Å². The quantitative estimate of drug-likeness (QED) is 0.250. The third kappa shape index (κ3) is 3.87. The van der Waals surface area contributed by atoms with Crippen LogP contribution in [0.4, 0.5) is 0 Å². The molecule has 0 aliphatic carbocycles. The molecular weight excluding hydrogens is 292 g/mol. The molecule has 1 saturated heterocycles. The molecule has 1 fully saturated rings. The predicted molar refractivity (Wildman–Crippen MR) is 64.8 cm³/mol. The van der Waals surface area contributed by atoms with Crippen LogP contribution in [0.15, 0.2) is 0 Å². The molecule has 7 N–H and O–H groups in total. The highest BCUT2D eigenvalue weighted by molar-refractivity contribution is 5.76. The van der Waals surface area contributed by atoms with Gasteiger partial charge in [0.15, 0.2) is 0 Å². The third-order valence-corrected chi connectivity index (χ3v) is 3.21. The van der Waals surface area contributed by atoms with Crippen LogP contribution in [-0.2, 0) is 14.3 Å². The van der Waals surface area contributed by atoms with E-state index in [1.165, 1.54) is 0 Å². The number of hydrogen-bond donors (Lipinski definition) is 7. The third-order valence-electron chi connectivity index (χ3n) is 3.21. The number of hydrogen-bond acceptors (Lipinski definition) is 8. The van der Waals surface area contributed by atoms with Crippen LogP contribution in [0.2, 0.25) is 0 Å². The van der Waals surface area contributed by atoms with E-state index in [-0.39, 0.29) is 0 Å². The summed E-state index contributed by atoms with van der Waals surface area (Å²) in [6.45, 7) is 0.256. The van der Waals surface area contributed by atoms with Crippen LogP contribution in [0.3, 0.4) is 0 Å². The Morgan fingerprint density at radius 3 is 2.43 bits per heavy atom. The lowest BCUT2D eigenvalue weighted by atomic mass is 9.91. The van der Waals surface area contributed by atoms with Crippen LogP contribution in [0.5, 0.6) is 0 Å². The fraction of sp³-hybridized carbons (Fsp3) is 0.818. The maximum absolute atomic E-state index is 11.1. The van der Waals surface area contributed by atoms with Gasteiger partial charge in [-0.3, -0.25) is 4.79 Å². The second-order valence-electron chi connectivity index (χ2n) is 4.91. The zero-order valence-electron chi connectivity index (χ0n) is 11.2. The molecule has 1 aliphatic heterocycles. The number of aliphatic carboxylic acids is 1. The smallest absolute Gasteiger partial charge is 0.364 e. The average molecular weight is 311 g/mol. The van der Waals surface area contributed by atoms with Crippen molar-refractivity contribution >= 4 is 11.9 Å². The fourth-order valence-electron chi connectivity index (χ4n) is 2.14. The van der Waals surface area contributed by atoms with Crippen molar-refractivity contribution < 1.29 is 45.0 Å². The number of carboxylic acids is 1. The first-order valence-corrected chi connectivity index (χ1v) is 6.18. The summed E-state index contributed by atoms with van der Waals surface area (Å²) in [5.41, 5.74) is 0. The Hall–Kier alpha value is -1.30. The highest BCUT2D eigenvalue weighted by Crippen LogP contribution is 2.30. The van der Waals surface area contributed by atoms with Gasteiger partial charge in [-0.25, -0.2) is 4.79 Å². The number of carboxylic acid groups (broad SMARTS) is 1. The number of aliphatic hydroxyl groups excluding tert-OH is 4. The van der Waals surface area contributed by atoms with E-state index in [4.69, 9.17) is 14.9 Å². The Bertz CT molecular complexity index is 403. The molecule has 21 heavy (non-hydrogen) atoms. The van der Waals surface area contributed by atoms with E-state index in [9.17, 15) is 30.0 Å². The van der Waals surface area contributed by atoms with E-state index in [0.717, 1.165) is 6.92 Å². The van der Waals surface area contributed by atoms with E-state index in [1.54, 1.807) is 0 Å². The topological polar surface area (TPSA) is 177 Å². The molecular formula is C11H19NO9. The minimum Gasteiger partial charge on any atom is -0.477 e. The van der Waals surface area contributed by atoms with Crippen LogP contribution < -0.4 is 5.32 Å². The zero-order valence-corrected chi connectivity index (χ0v) is 11.2. The lowest BCUT2D eigenvalue weighted by Gasteiger charge is -2.44. The predicted octanol–water partition coefficient (Wildman–Crippen LogP) is -3.87. The number of carbonyl (C=O) groups excluding carboxylic acids is 1. The van der Waals surface area contributed by atoms with Gasteiger partial charge in [-0.05, 0) is 0 Å². The lowest BCUT2D eigenvalue weighted by Crippen LogP contribution is -2.67. The van der Waals surface area contributed by atoms with Crippen molar-refractivity contribution in [1.29, 1.82) is 0 Å².